The third-order valence-electron chi connectivity index (χ3n) is 3.46. The number of hydrogen-bond donors (Lipinski definition) is 2. The molecule has 0 amide bonds. The van der Waals surface area contributed by atoms with Gasteiger partial charge in [0.25, 0.3) is 0 Å². The number of aliphatic hydroxyl groups is 1. The van der Waals surface area contributed by atoms with Crippen molar-refractivity contribution in [3.63, 3.8) is 0 Å². The number of hydrogen-bond acceptors (Lipinski definition) is 3. The summed E-state index contributed by atoms with van der Waals surface area (Å²) in [7, 11) is 0. The van der Waals surface area contributed by atoms with Crippen molar-refractivity contribution in [1.82, 2.24) is 4.98 Å². The molecule has 0 aliphatic heterocycles. The van der Waals surface area contributed by atoms with Gasteiger partial charge in [-0.25, -0.2) is 0 Å². The number of aromatic nitrogens is 1. The summed E-state index contributed by atoms with van der Waals surface area (Å²) in [5.74, 6) is -0.294. The van der Waals surface area contributed by atoms with E-state index in [-0.39, 0.29) is 5.78 Å². The van der Waals surface area contributed by atoms with Crippen LogP contribution in [0.4, 0.5) is 0 Å². The van der Waals surface area contributed by atoms with Gasteiger partial charge < -0.3 is 10.1 Å². The molecule has 0 saturated heterocycles. The van der Waals surface area contributed by atoms with E-state index in [1.165, 1.54) is 0 Å². The smallest absolute Gasteiger partial charge is 0.218 e. The van der Waals surface area contributed by atoms with Gasteiger partial charge in [-0.15, -0.1) is 11.8 Å². The number of benzene rings is 2. The third-order valence-corrected chi connectivity index (χ3v) is 4.12. The Morgan fingerprint density at radius 2 is 1.76 bits per heavy atom. The summed E-state index contributed by atoms with van der Waals surface area (Å²) >= 11 is 1.13. The lowest BCUT2D eigenvalue weighted by molar-refractivity contribution is 0.0865. The third kappa shape index (κ3) is 2.48. The minimum absolute atomic E-state index is 0.294. The minimum Gasteiger partial charge on any atom is -0.374 e. The highest BCUT2D eigenvalue weighted by molar-refractivity contribution is 7.99. The Morgan fingerprint density at radius 1 is 1.10 bits per heavy atom. The molecule has 0 bridgehead atoms. The van der Waals surface area contributed by atoms with Crippen molar-refractivity contribution in [2.45, 2.75) is 5.44 Å². The van der Waals surface area contributed by atoms with Crippen LogP contribution in [0.15, 0.2) is 54.6 Å². The molecular formula is C17H15NO2S. The molecule has 0 aliphatic carbocycles. The van der Waals surface area contributed by atoms with Crippen LogP contribution in [0.1, 0.15) is 10.5 Å². The number of ketones is 1. The van der Waals surface area contributed by atoms with Crippen LogP contribution >= 0.6 is 11.8 Å². The largest absolute Gasteiger partial charge is 0.374 e. The molecule has 0 aliphatic rings. The molecule has 0 radical (unpaired) electrons. The topological polar surface area (TPSA) is 53.1 Å². The van der Waals surface area contributed by atoms with Gasteiger partial charge in [-0.2, -0.15) is 0 Å². The number of rotatable bonds is 4. The summed E-state index contributed by atoms with van der Waals surface area (Å²) < 4.78 is 0. The van der Waals surface area contributed by atoms with Crippen LogP contribution in [0.5, 0.6) is 0 Å². The molecule has 3 rings (SSSR count). The number of aromatic amines is 1. The zero-order valence-corrected chi connectivity index (χ0v) is 12.4. The van der Waals surface area contributed by atoms with E-state index in [4.69, 9.17) is 0 Å². The molecule has 3 nitrogen and oxygen atoms in total. The van der Waals surface area contributed by atoms with E-state index in [1.807, 2.05) is 54.6 Å². The van der Waals surface area contributed by atoms with E-state index in [9.17, 15) is 9.90 Å². The monoisotopic (exact) mass is 297 g/mol. The zero-order valence-electron chi connectivity index (χ0n) is 11.5. The van der Waals surface area contributed by atoms with E-state index >= 15 is 0 Å². The van der Waals surface area contributed by atoms with Gasteiger partial charge in [0.05, 0.1) is 5.69 Å². The quantitative estimate of drug-likeness (QED) is 0.570. The van der Waals surface area contributed by atoms with Crippen LogP contribution < -0.4 is 0 Å². The zero-order chi connectivity index (χ0) is 14.8. The van der Waals surface area contributed by atoms with Crippen LogP contribution in [0, 0.1) is 0 Å². The average Bonchev–Trinajstić information content (AvgIpc) is 2.93. The van der Waals surface area contributed by atoms with Gasteiger partial charge in [-0.1, -0.05) is 48.5 Å². The number of carbonyl (C=O) groups excluding carboxylic acids is 1. The van der Waals surface area contributed by atoms with Crippen molar-refractivity contribution in [2.75, 3.05) is 6.26 Å². The predicted octanol–water partition coefficient (Wildman–Crippen LogP) is 3.70. The highest BCUT2D eigenvalue weighted by Gasteiger charge is 2.23. The Hall–Kier alpha value is -2.04. The first-order valence-electron chi connectivity index (χ1n) is 6.63. The number of Topliss-reactive ketones (excluding diaryl/α,β-unsaturated/α-hetero) is 1. The van der Waals surface area contributed by atoms with Crippen molar-refractivity contribution in [2.24, 2.45) is 0 Å². The molecule has 1 atom stereocenters. The van der Waals surface area contributed by atoms with Crippen molar-refractivity contribution < 1.29 is 9.90 Å². The number of H-pyrrole nitrogens is 1. The summed E-state index contributed by atoms with van der Waals surface area (Å²) in [4.78, 5) is 15.6. The average molecular weight is 297 g/mol. The normalized spacial score (nSPS) is 12.5. The van der Waals surface area contributed by atoms with Crippen LogP contribution in [0.25, 0.3) is 22.0 Å². The summed E-state index contributed by atoms with van der Waals surface area (Å²) in [5.41, 5.74) is 2.12. The molecule has 1 heterocycles. The highest BCUT2D eigenvalue weighted by atomic mass is 32.2. The number of aliphatic hydroxyl groups excluding tert-OH is 1. The van der Waals surface area contributed by atoms with Crippen LogP contribution in [-0.2, 0) is 0 Å². The van der Waals surface area contributed by atoms with Gasteiger partial charge in [0.2, 0.25) is 5.78 Å². The second-order valence-corrected chi connectivity index (χ2v) is 5.66. The summed E-state index contributed by atoms with van der Waals surface area (Å²) in [6.07, 6.45) is 1.72. The Kier molecular flexibility index (Phi) is 3.82. The SMILES string of the molecule is CSC(O)C(=O)c1[nH]c2ccccc2c1-c1ccccc1. The fourth-order valence-corrected chi connectivity index (χ4v) is 2.79. The molecule has 21 heavy (non-hydrogen) atoms. The molecule has 4 heteroatoms. The molecule has 0 spiro atoms. The molecule has 0 fully saturated rings. The van der Waals surface area contributed by atoms with Crippen molar-refractivity contribution in [1.29, 1.82) is 0 Å². The first kappa shape index (κ1) is 13.9. The molecule has 2 aromatic carbocycles. The van der Waals surface area contributed by atoms with Gasteiger partial charge in [-0.05, 0) is 17.9 Å². The van der Waals surface area contributed by atoms with Crippen molar-refractivity contribution >= 4 is 28.4 Å². The van der Waals surface area contributed by atoms with Gasteiger partial charge in [0.15, 0.2) is 5.44 Å². The maximum absolute atomic E-state index is 12.4. The Morgan fingerprint density at radius 3 is 2.48 bits per heavy atom. The molecule has 1 unspecified atom stereocenters. The van der Waals surface area contributed by atoms with Crippen molar-refractivity contribution in [3.05, 3.63) is 60.3 Å². The maximum atomic E-state index is 12.4. The van der Waals surface area contributed by atoms with Gasteiger partial charge in [0.1, 0.15) is 0 Å². The Bertz CT molecular complexity index is 780. The van der Waals surface area contributed by atoms with Crippen LogP contribution in [0.2, 0.25) is 0 Å². The van der Waals surface area contributed by atoms with E-state index < -0.39 is 5.44 Å². The first-order chi connectivity index (χ1) is 10.2. The Balaban J connectivity index is 2.27. The van der Waals surface area contributed by atoms with Crippen molar-refractivity contribution in [3.8, 4) is 11.1 Å². The number of nitrogens with one attached hydrogen (secondary N) is 1. The fourth-order valence-electron chi connectivity index (χ4n) is 2.46. The van der Waals surface area contributed by atoms with E-state index in [0.717, 1.165) is 33.8 Å². The van der Waals surface area contributed by atoms with Gasteiger partial charge >= 0.3 is 0 Å². The highest BCUT2D eigenvalue weighted by Crippen LogP contribution is 2.33. The van der Waals surface area contributed by atoms with E-state index in [2.05, 4.69) is 4.98 Å². The summed E-state index contributed by atoms with van der Waals surface area (Å²) in [6.45, 7) is 0. The van der Waals surface area contributed by atoms with Gasteiger partial charge in [-0.3, -0.25) is 4.79 Å². The number of thioether (sulfide) groups is 1. The van der Waals surface area contributed by atoms with Crippen LogP contribution in [0.3, 0.4) is 0 Å². The lowest BCUT2D eigenvalue weighted by Gasteiger charge is -2.08. The first-order valence-corrected chi connectivity index (χ1v) is 7.92. The lowest BCUT2D eigenvalue weighted by Crippen LogP contribution is -2.17. The standard InChI is InChI=1S/C17H15NO2S/c1-21-17(20)16(19)15-14(11-7-3-2-4-8-11)12-9-5-6-10-13(12)18-15/h2-10,17-18,20H,1H3. The van der Waals surface area contributed by atoms with E-state index in [1.54, 1.807) is 6.26 Å². The molecule has 3 aromatic rings. The number of para-hydroxylation sites is 1. The second-order valence-electron chi connectivity index (χ2n) is 4.74. The molecule has 2 N–H and O–H groups in total. The number of carbonyl (C=O) groups is 1. The fraction of sp³-hybridized carbons (Fsp3) is 0.118. The lowest BCUT2D eigenvalue weighted by atomic mass is 10.0. The molecular weight excluding hydrogens is 282 g/mol. The Labute approximate surface area is 127 Å². The van der Waals surface area contributed by atoms with Crippen LogP contribution in [-0.4, -0.2) is 27.6 Å². The minimum atomic E-state index is -1.06. The molecule has 106 valence electrons. The maximum Gasteiger partial charge on any atom is 0.218 e. The molecule has 1 aromatic heterocycles. The number of fused-ring (bicyclic) bond motifs is 1. The predicted molar refractivity (Wildman–Crippen MR) is 87.6 cm³/mol. The van der Waals surface area contributed by atoms with Gasteiger partial charge in [0, 0.05) is 16.5 Å². The summed E-state index contributed by atoms with van der Waals surface area (Å²) in [6, 6.07) is 17.5. The second kappa shape index (κ2) is 5.76. The van der Waals surface area contributed by atoms with E-state index in [0.29, 0.717) is 5.69 Å². The summed E-state index contributed by atoms with van der Waals surface area (Å²) in [5, 5.41) is 10.9. The molecule has 0 saturated carbocycles.